The van der Waals surface area contributed by atoms with Gasteiger partial charge < -0.3 is 0 Å². The van der Waals surface area contributed by atoms with E-state index in [2.05, 4.69) is 33.8 Å². The van der Waals surface area contributed by atoms with E-state index in [4.69, 9.17) is 0 Å². The maximum Gasteiger partial charge on any atom is 0.139 e. The van der Waals surface area contributed by atoms with Gasteiger partial charge in [-0.1, -0.05) is 46.3 Å². The van der Waals surface area contributed by atoms with Crippen molar-refractivity contribution in [1.82, 2.24) is 0 Å². The van der Waals surface area contributed by atoms with Crippen molar-refractivity contribution in [2.75, 3.05) is 0 Å². The molecule has 1 heteroatoms. The Hall–Kier alpha value is -0.590. The number of ketones is 1. The van der Waals surface area contributed by atoms with Crippen molar-refractivity contribution in [3.8, 4) is 0 Å². The molecule has 102 valence electrons. The summed E-state index contributed by atoms with van der Waals surface area (Å²) in [6, 6.07) is 0. The maximum atomic E-state index is 12.4. The number of carbonyl (C=O) groups excluding carboxylic acids is 1. The first-order chi connectivity index (χ1) is 8.31. The number of Topliss-reactive ketones (excluding diaryl/α,β-unsaturated/α-hetero) is 1. The fourth-order valence-electron chi connectivity index (χ4n) is 4.09. The molecule has 0 aromatic carbocycles. The third-order valence-corrected chi connectivity index (χ3v) is 5.73. The summed E-state index contributed by atoms with van der Waals surface area (Å²) in [5, 5.41) is 0. The van der Waals surface area contributed by atoms with Crippen LogP contribution in [0.15, 0.2) is 11.6 Å². The van der Waals surface area contributed by atoms with E-state index in [9.17, 15) is 4.79 Å². The summed E-state index contributed by atoms with van der Waals surface area (Å²) >= 11 is 0. The quantitative estimate of drug-likeness (QED) is 0.644. The van der Waals surface area contributed by atoms with Gasteiger partial charge in [-0.2, -0.15) is 0 Å². The second-order valence-electron chi connectivity index (χ2n) is 7.32. The zero-order valence-electron chi connectivity index (χ0n) is 12.7. The summed E-state index contributed by atoms with van der Waals surface area (Å²) in [6.07, 6.45) is 8.06. The van der Waals surface area contributed by atoms with E-state index < -0.39 is 0 Å². The summed E-state index contributed by atoms with van der Waals surface area (Å²) < 4.78 is 0. The number of fused-ring (bicyclic) bond motifs is 1. The average Bonchev–Trinajstić information content (AvgIpc) is 2.30. The molecule has 2 aliphatic carbocycles. The minimum absolute atomic E-state index is 0.127. The highest BCUT2D eigenvalue weighted by molar-refractivity contribution is 5.85. The topological polar surface area (TPSA) is 17.1 Å². The molecule has 0 amide bonds. The summed E-state index contributed by atoms with van der Waals surface area (Å²) in [4.78, 5) is 12.4. The zero-order valence-corrected chi connectivity index (χ0v) is 12.7. The lowest BCUT2D eigenvalue weighted by Crippen LogP contribution is -2.44. The molecule has 0 aromatic heterocycles. The minimum Gasteiger partial charge on any atom is -0.299 e. The largest absolute Gasteiger partial charge is 0.299 e. The minimum atomic E-state index is -0.127. The normalized spacial score (nSPS) is 38.8. The molecular formula is C17H28O. The molecule has 0 bridgehead atoms. The number of rotatable bonds is 2. The lowest BCUT2D eigenvalue weighted by atomic mass is 9.54. The highest BCUT2D eigenvalue weighted by Gasteiger charge is 2.47. The van der Waals surface area contributed by atoms with E-state index in [1.54, 1.807) is 5.57 Å². The number of carbonyl (C=O) groups is 1. The van der Waals surface area contributed by atoms with Gasteiger partial charge >= 0.3 is 0 Å². The van der Waals surface area contributed by atoms with Crippen LogP contribution in [-0.2, 0) is 4.79 Å². The Kier molecular flexibility index (Phi) is 3.46. The molecule has 2 aliphatic rings. The van der Waals surface area contributed by atoms with Gasteiger partial charge in [0.2, 0.25) is 0 Å². The fraction of sp³-hybridized carbons (Fsp3) is 0.824. The molecule has 3 unspecified atom stereocenters. The van der Waals surface area contributed by atoms with Gasteiger partial charge in [0.15, 0.2) is 0 Å². The molecule has 0 aromatic rings. The van der Waals surface area contributed by atoms with Gasteiger partial charge in [0.25, 0.3) is 0 Å². The molecule has 2 rings (SSSR count). The van der Waals surface area contributed by atoms with Crippen LogP contribution in [0.1, 0.15) is 66.7 Å². The van der Waals surface area contributed by atoms with Crippen molar-refractivity contribution >= 4 is 5.78 Å². The molecule has 1 nitrogen and oxygen atoms in total. The van der Waals surface area contributed by atoms with Crippen molar-refractivity contribution in [2.24, 2.45) is 22.7 Å². The molecule has 0 spiro atoms. The first-order valence-corrected chi connectivity index (χ1v) is 7.55. The third-order valence-electron chi connectivity index (χ3n) is 5.73. The van der Waals surface area contributed by atoms with Crippen LogP contribution in [-0.4, -0.2) is 5.78 Å². The van der Waals surface area contributed by atoms with Crippen molar-refractivity contribution in [2.45, 2.75) is 66.7 Å². The number of allylic oxidation sites excluding steroid dienone is 2. The van der Waals surface area contributed by atoms with E-state index in [1.165, 1.54) is 19.3 Å². The predicted molar refractivity (Wildman–Crippen MR) is 76.4 cm³/mol. The molecule has 0 heterocycles. The zero-order chi connectivity index (χ0) is 13.6. The molecule has 0 radical (unpaired) electrons. The van der Waals surface area contributed by atoms with E-state index >= 15 is 0 Å². The third kappa shape index (κ3) is 2.06. The molecular weight excluding hydrogens is 220 g/mol. The molecule has 3 atom stereocenters. The Bertz CT molecular complexity index is 377. The van der Waals surface area contributed by atoms with Crippen LogP contribution in [0.3, 0.4) is 0 Å². The fourth-order valence-corrected chi connectivity index (χ4v) is 4.09. The van der Waals surface area contributed by atoms with Gasteiger partial charge in [0.1, 0.15) is 5.78 Å². The number of hydrogen-bond donors (Lipinski definition) is 0. The Morgan fingerprint density at radius 3 is 2.67 bits per heavy atom. The standard InChI is InChI=1S/C17H28O/c1-6-15(18)17(5)11-14-13(10-12(17)2)8-7-9-16(14,3)4/h10,12,14H,6-9,11H2,1-5H3. The van der Waals surface area contributed by atoms with Crippen molar-refractivity contribution in [1.29, 1.82) is 0 Å². The maximum absolute atomic E-state index is 12.4. The summed E-state index contributed by atoms with van der Waals surface area (Å²) in [5.41, 5.74) is 1.89. The van der Waals surface area contributed by atoms with Gasteiger partial charge in [0.05, 0.1) is 0 Å². The van der Waals surface area contributed by atoms with Crippen LogP contribution in [0, 0.1) is 22.7 Å². The van der Waals surface area contributed by atoms with Crippen LogP contribution in [0.4, 0.5) is 0 Å². The lowest BCUT2D eigenvalue weighted by Gasteiger charge is -2.49. The van der Waals surface area contributed by atoms with E-state index in [-0.39, 0.29) is 5.41 Å². The molecule has 1 saturated carbocycles. The van der Waals surface area contributed by atoms with E-state index in [0.29, 0.717) is 29.5 Å². The highest BCUT2D eigenvalue weighted by Crippen LogP contribution is 2.54. The van der Waals surface area contributed by atoms with Crippen LogP contribution < -0.4 is 0 Å². The van der Waals surface area contributed by atoms with Crippen molar-refractivity contribution < 1.29 is 4.79 Å². The summed E-state index contributed by atoms with van der Waals surface area (Å²) in [6.45, 7) is 11.2. The summed E-state index contributed by atoms with van der Waals surface area (Å²) in [7, 11) is 0. The molecule has 0 aliphatic heterocycles. The number of hydrogen-bond acceptors (Lipinski definition) is 1. The first kappa shape index (κ1) is 13.8. The van der Waals surface area contributed by atoms with Gasteiger partial charge in [0, 0.05) is 11.8 Å². The van der Waals surface area contributed by atoms with Crippen molar-refractivity contribution in [3.63, 3.8) is 0 Å². The van der Waals surface area contributed by atoms with Crippen LogP contribution in [0.25, 0.3) is 0 Å². The van der Waals surface area contributed by atoms with Crippen molar-refractivity contribution in [3.05, 3.63) is 11.6 Å². The Balaban J connectivity index is 2.36. The Morgan fingerprint density at radius 1 is 1.39 bits per heavy atom. The molecule has 0 saturated heterocycles. The second-order valence-corrected chi connectivity index (χ2v) is 7.32. The molecule has 18 heavy (non-hydrogen) atoms. The van der Waals surface area contributed by atoms with Gasteiger partial charge in [-0.3, -0.25) is 4.79 Å². The summed E-state index contributed by atoms with van der Waals surface area (Å²) in [5.74, 6) is 1.49. The van der Waals surface area contributed by atoms with Crippen LogP contribution in [0.2, 0.25) is 0 Å². The lowest BCUT2D eigenvalue weighted by molar-refractivity contribution is -0.131. The Morgan fingerprint density at radius 2 is 2.06 bits per heavy atom. The van der Waals surface area contributed by atoms with E-state index in [0.717, 1.165) is 6.42 Å². The van der Waals surface area contributed by atoms with Gasteiger partial charge in [-0.05, 0) is 42.9 Å². The molecule has 0 N–H and O–H groups in total. The SMILES string of the molecule is CCC(=O)C1(C)CC2C(=CC1C)CCCC2(C)C. The average molecular weight is 248 g/mol. The Labute approximate surface area is 112 Å². The molecule has 1 fully saturated rings. The van der Waals surface area contributed by atoms with Crippen LogP contribution >= 0.6 is 0 Å². The van der Waals surface area contributed by atoms with E-state index in [1.807, 2.05) is 6.92 Å². The van der Waals surface area contributed by atoms with Crippen LogP contribution in [0.5, 0.6) is 0 Å². The predicted octanol–water partition coefficient (Wildman–Crippen LogP) is 4.76. The first-order valence-electron chi connectivity index (χ1n) is 7.55. The highest BCUT2D eigenvalue weighted by atomic mass is 16.1. The van der Waals surface area contributed by atoms with Gasteiger partial charge in [-0.25, -0.2) is 0 Å². The smallest absolute Gasteiger partial charge is 0.139 e. The second kappa shape index (κ2) is 4.51. The monoisotopic (exact) mass is 248 g/mol. The van der Waals surface area contributed by atoms with Gasteiger partial charge in [-0.15, -0.1) is 0 Å².